The second kappa shape index (κ2) is 3.19. The number of carbonyl (C=O) groups excluding carboxylic acids is 1. The van der Waals surface area contributed by atoms with Crippen molar-refractivity contribution in [3.05, 3.63) is 34.9 Å². The molecule has 0 amide bonds. The topological polar surface area (TPSA) is 17.1 Å². The van der Waals surface area contributed by atoms with E-state index in [0.717, 1.165) is 0 Å². The van der Waals surface area contributed by atoms with Gasteiger partial charge >= 0.3 is 0 Å². The predicted octanol–water partition coefficient (Wildman–Crippen LogP) is 3.21. The zero-order chi connectivity index (χ0) is 11.2. The monoisotopic (exact) mass is 202 g/mol. The molecule has 1 nitrogen and oxygen atoms in total. The van der Waals surface area contributed by atoms with Gasteiger partial charge in [0.25, 0.3) is 0 Å². The lowest BCUT2D eigenvalue weighted by molar-refractivity contribution is -0.121. The van der Waals surface area contributed by atoms with Gasteiger partial charge in [-0.1, -0.05) is 32.0 Å². The van der Waals surface area contributed by atoms with Crippen molar-refractivity contribution in [3.8, 4) is 0 Å². The summed E-state index contributed by atoms with van der Waals surface area (Å²) in [5.41, 5.74) is 3.50. The van der Waals surface area contributed by atoms with E-state index in [0.29, 0.717) is 18.1 Å². The van der Waals surface area contributed by atoms with Gasteiger partial charge in [0.15, 0.2) is 0 Å². The summed E-state index contributed by atoms with van der Waals surface area (Å²) in [6, 6.07) is 6.49. The number of benzene rings is 1. The highest BCUT2D eigenvalue weighted by atomic mass is 16.1. The van der Waals surface area contributed by atoms with Crippen LogP contribution in [0.2, 0.25) is 0 Å². The molecule has 2 rings (SSSR count). The first kappa shape index (κ1) is 10.4. The van der Waals surface area contributed by atoms with E-state index in [2.05, 4.69) is 32.0 Å². The molecular weight excluding hydrogens is 184 g/mol. The van der Waals surface area contributed by atoms with Crippen molar-refractivity contribution in [2.24, 2.45) is 0 Å². The van der Waals surface area contributed by atoms with E-state index in [1.165, 1.54) is 16.7 Å². The number of Topliss-reactive ketones (excluding diaryl/α,β-unsaturated/α-hetero) is 1. The van der Waals surface area contributed by atoms with Crippen LogP contribution in [-0.2, 0) is 16.6 Å². The normalized spacial score (nSPS) is 18.3. The zero-order valence-electron chi connectivity index (χ0n) is 9.92. The molecule has 1 aromatic rings. The Kier molecular flexibility index (Phi) is 2.22. The third-order valence-corrected chi connectivity index (χ3v) is 3.52. The second-order valence-electron chi connectivity index (χ2n) is 5.30. The highest BCUT2D eigenvalue weighted by Crippen LogP contribution is 2.37. The Morgan fingerprint density at radius 1 is 1.27 bits per heavy atom. The first-order valence-electron chi connectivity index (χ1n) is 5.59. The van der Waals surface area contributed by atoms with Gasteiger partial charge in [-0.05, 0) is 36.5 Å². The number of hydrogen-bond acceptors (Lipinski definition) is 1. The standard InChI is InChI=1S/C14H18O/c1-9(2)10-5-6-11-8-13(15)14(3,4)12(11)7-10/h5-7,9H,8H2,1-4H3. The van der Waals surface area contributed by atoms with Crippen LogP contribution >= 0.6 is 0 Å². The Morgan fingerprint density at radius 2 is 1.93 bits per heavy atom. The number of carbonyl (C=O) groups is 1. The lowest BCUT2D eigenvalue weighted by Gasteiger charge is -2.18. The van der Waals surface area contributed by atoms with E-state index in [1.54, 1.807) is 0 Å². The lowest BCUT2D eigenvalue weighted by atomic mass is 9.84. The van der Waals surface area contributed by atoms with Gasteiger partial charge in [-0.3, -0.25) is 4.79 Å². The van der Waals surface area contributed by atoms with E-state index in [-0.39, 0.29) is 5.41 Å². The van der Waals surface area contributed by atoms with Crippen LogP contribution in [-0.4, -0.2) is 5.78 Å². The van der Waals surface area contributed by atoms with Crippen LogP contribution in [0.1, 0.15) is 50.3 Å². The van der Waals surface area contributed by atoms with Crippen molar-refractivity contribution in [3.63, 3.8) is 0 Å². The molecule has 0 N–H and O–H groups in total. The van der Waals surface area contributed by atoms with E-state index >= 15 is 0 Å². The fraction of sp³-hybridized carbons (Fsp3) is 0.500. The predicted molar refractivity (Wildman–Crippen MR) is 62.3 cm³/mol. The van der Waals surface area contributed by atoms with Gasteiger partial charge in [0, 0.05) is 11.8 Å². The summed E-state index contributed by atoms with van der Waals surface area (Å²) in [7, 11) is 0. The molecule has 0 fully saturated rings. The van der Waals surface area contributed by atoms with E-state index in [9.17, 15) is 4.79 Å². The molecule has 0 atom stereocenters. The van der Waals surface area contributed by atoms with Crippen LogP contribution in [0.3, 0.4) is 0 Å². The van der Waals surface area contributed by atoms with Gasteiger partial charge in [-0.25, -0.2) is 0 Å². The number of ketones is 1. The van der Waals surface area contributed by atoms with Crippen molar-refractivity contribution in [1.29, 1.82) is 0 Å². The summed E-state index contributed by atoms with van der Waals surface area (Å²) >= 11 is 0. The van der Waals surface area contributed by atoms with Crippen molar-refractivity contribution in [2.75, 3.05) is 0 Å². The molecule has 1 aliphatic rings. The van der Waals surface area contributed by atoms with Gasteiger partial charge in [0.05, 0.1) is 0 Å². The molecule has 0 saturated carbocycles. The Labute approximate surface area is 91.5 Å². The maximum Gasteiger partial charge on any atom is 0.147 e. The Balaban J connectivity index is 2.55. The molecule has 0 radical (unpaired) electrons. The summed E-state index contributed by atoms with van der Waals surface area (Å²) in [4.78, 5) is 11.8. The van der Waals surface area contributed by atoms with Gasteiger partial charge in [-0.15, -0.1) is 0 Å². The molecule has 0 heterocycles. The molecule has 0 aromatic heterocycles. The van der Waals surface area contributed by atoms with Crippen molar-refractivity contribution >= 4 is 5.78 Å². The Hall–Kier alpha value is -1.11. The molecule has 0 aliphatic heterocycles. The molecule has 0 unspecified atom stereocenters. The summed E-state index contributed by atoms with van der Waals surface area (Å²) in [6.45, 7) is 8.44. The molecule has 15 heavy (non-hydrogen) atoms. The third-order valence-electron chi connectivity index (χ3n) is 3.52. The maximum absolute atomic E-state index is 11.8. The maximum atomic E-state index is 11.8. The van der Waals surface area contributed by atoms with Crippen LogP contribution in [0.15, 0.2) is 18.2 Å². The minimum absolute atomic E-state index is 0.278. The van der Waals surface area contributed by atoms with Gasteiger partial charge < -0.3 is 0 Å². The SMILES string of the molecule is CC(C)c1ccc2c(c1)C(C)(C)C(=O)C2. The summed E-state index contributed by atoms with van der Waals surface area (Å²) in [5.74, 6) is 0.875. The number of rotatable bonds is 1. The van der Waals surface area contributed by atoms with E-state index < -0.39 is 0 Å². The fourth-order valence-corrected chi connectivity index (χ4v) is 2.23. The van der Waals surface area contributed by atoms with Gasteiger partial charge in [0.1, 0.15) is 5.78 Å². The average Bonchev–Trinajstić information content (AvgIpc) is 2.38. The molecule has 1 heteroatoms. The molecule has 1 aliphatic carbocycles. The van der Waals surface area contributed by atoms with E-state index in [1.807, 2.05) is 13.8 Å². The molecule has 0 saturated heterocycles. The lowest BCUT2D eigenvalue weighted by Crippen LogP contribution is -2.23. The summed E-state index contributed by atoms with van der Waals surface area (Å²) in [6.07, 6.45) is 0.612. The molecule has 80 valence electrons. The van der Waals surface area contributed by atoms with Crippen LogP contribution < -0.4 is 0 Å². The summed E-state index contributed by atoms with van der Waals surface area (Å²) < 4.78 is 0. The van der Waals surface area contributed by atoms with Crippen molar-refractivity contribution in [1.82, 2.24) is 0 Å². The van der Waals surface area contributed by atoms with Gasteiger partial charge in [0.2, 0.25) is 0 Å². The zero-order valence-corrected chi connectivity index (χ0v) is 9.92. The molecular formula is C14H18O. The first-order chi connectivity index (χ1) is 6.93. The smallest absolute Gasteiger partial charge is 0.147 e. The number of fused-ring (bicyclic) bond motifs is 1. The second-order valence-corrected chi connectivity index (χ2v) is 5.30. The highest BCUT2D eigenvalue weighted by Gasteiger charge is 2.37. The quantitative estimate of drug-likeness (QED) is 0.683. The first-order valence-corrected chi connectivity index (χ1v) is 5.59. The largest absolute Gasteiger partial charge is 0.298 e. The average molecular weight is 202 g/mol. The van der Waals surface area contributed by atoms with Crippen LogP contribution in [0.5, 0.6) is 0 Å². The van der Waals surface area contributed by atoms with E-state index in [4.69, 9.17) is 0 Å². The Morgan fingerprint density at radius 3 is 2.53 bits per heavy atom. The molecule has 1 aromatic carbocycles. The molecule has 0 bridgehead atoms. The van der Waals surface area contributed by atoms with Gasteiger partial charge in [-0.2, -0.15) is 0 Å². The third kappa shape index (κ3) is 1.50. The highest BCUT2D eigenvalue weighted by molar-refractivity contribution is 5.95. The van der Waals surface area contributed by atoms with Crippen molar-refractivity contribution in [2.45, 2.75) is 45.4 Å². The van der Waals surface area contributed by atoms with Crippen molar-refractivity contribution < 1.29 is 4.79 Å². The fourth-order valence-electron chi connectivity index (χ4n) is 2.23. The Bertz CT molecular complexity index is 413. The molecule has 0 spiro atoms. The minimum Gasteiger partial charge on any atom is -0.298 e. The van der Waals surface area contributed by atoms with Crippen LogP contribution in [0.25, 0.3) is 0 Å². The van der Waals surface area contributed by atoms with Crippen LogP contribution in [0, 0.1) is 0 Å². The summed E-state index contributed by atoms with van der Waals surface area (Å²) in [5, 5.41) is 0. The number of hydrogen-bond donors (Lipinski definition) is 0. The minimum atomic E-state index is -0.278. The van der Waals surface area contributed by atoms with Crippen LogP contribution in [0.4, 0.5) is 0 Å².